The van der Waals surface area contributed by atoms with Gasteiger partial charge in [-0.1, -0.05) is 71.9 Å². The molecule has 0 aromatic heterocycles. The Labute approximate surface area is 190 Å². The van der Waals surface area contributed by atoms with Gasteiger partial charge >= 0.3 is 5.97 Å². The largest absolute Gasteiger partial charge is 0.462 e. The number of esters is 1. The lowest BCUT2D eigenvalue weighted by molar-refractivity contribution is -0.114. The number of carbonyl (C=O) groups is 2. The summed E-state index contributed by atoms with van der Waals surface area (Å²) >= 11 is 7.79. The molecular formula is C25H20ClNO3S. The van der Waals surface area contributed by atoms with Crippen LogP contribution in [0.25, 0.3) is 6.08 Å². The minimum Gasteiger partial charge on any atom is -0.462 e. The molecule has 1 amide bonds. The van der Waals surface area contributed by atoms with Crippen molar-refractivity contribution in [2.75, 3.05) is 11.5 Å². The molecule has 1 fully saturated rings. The van der Waals surface area contributed by atoms with Crippen molar-refractivity contribution in [1.29, 1.82) is 0 Å². The van der Waals surface area contributed by atoms with E-state index in [1.54, 1.807) is 42.2 Å². The highest BCUT2D eigenvalue weighted by molar-refractivity contribution is 8.05. The third kappa shape index (κ3) is 4.53. The van der Waals surface area contributed by atoms with Gasteiger partial charge in [-0.05, 0) is 54.5 Å². The van der Waals surface area contributed by atoms with E-state index in [9.17, 15) is 9.59 Å². The molecule has 0 N–H and O–H groups in total. The van der Waals surface area contributed by atoms with E-state index in [-0.39, 0.29) is 17.3 Å². The first-order chi connectivity index (χ1) is 15.1. The van der Waals surface area contributed by atoms with Crippen molar-refractivity contribution in [2.24, 2.45) is 0 Å². The van der Waals surface area contributed by atoms with Crippen LogP contribution in [0, 0.1) is 0 Å². The highest BCUT2D eigenvalue weighted by atomic mass is 35.5. The summed E-state index contributed by atoms with van der Waals surface area (Å²) in [7, 11) is 0. The van der Waals surface area contributed by atoms with Gasteiger partial charge in [0.25, 0.3) is 5.91 Å². The lowest BCUT2D eigenvalue weighted by atomic mass is 10.1. The van der Waals surface area contributed by atoms with E-state index in [1.165, 1.54) is 11.8 Å². The van der Waals surface area contributed by atoms with Crippen molar-refractivity contribution in [3.05, 3.63) is 105 Å². The number of hydrogen-bond donors (Lipinski definition) is 0. The molecule has 6 heteroatoms. The number of benzene rings is 3. The fraction of sp³-hybridized carbons (Fsp3) is 0.120. The molecule has 4 nitrogen and oxygen atoms in total. The van der Waals surface area contributed by atoms with Crippen molar-refractivity contribution in [3.8, 4) is 0 Å². The molecule has 31 heavy (non-hydrogen) atoms. The van der Waals surface area contributed by atoms with Crippen LogP contribution in [0.3, 0.4) is 0 Å². The lowest BCUT2D eigenvalue weighted by Gasteiger charge is -2.24. The maximum absolute atomic E-state index is 13.4. The Balaban J connectivity index is 1.72. The number of ether oxygens (including phenoxy) is 1. The topological polar surface area (TPSA) is 46.6 Å². The van der Waals surface area contributed by atoms with Gasteiger partial charge in [-0.2, -0.15) is 0 Å². The summed E-state index contributed by atoms with van der Waals surface area (Å²) in [5, 5.41) is 0.368. The molecule has 0 aliphatic carbocycles. The normalized spacial score (nSPS) is 17.2. The average molecular weight is 450 g/mol. The Kier molecular flexibility index (Phi) is 6.44. The Hall–Kier alpha value is -3.02. The maximum atomic E-state index is 13.4. The number of thioether (sulfide) groups is 1. The summed E-state index contributed by atoms with van der Waals surface area (Å²) < 4.78 is 5.05. The summed E-state index contributed by atoms with van der Waals surface area (Å²) in [5.41, 5.74) is 2.97. The van der Waals surface area contributed by atoms with Crippen LogP contribution in [0.4, 0.5) is 5.69 Å². The molecule has 0 bridgehead atoms. The van der Waals surface area contributed by atoms with Crippen LogP contribution in [0.5, 0.6) is 0 Å². The quantitative estimate of drug-likeness (QED) is 0.337. The van der Waals surface area contributed by atoms with Gasteiger partial charge in [0.2, 0.25) is 0 Å². The lowest BCUT2D eigenvalue weighted by Crippen LogP contribution is -2.27. The molecular weight excluding hydrogens is 430 g/mol. The molecule has 1 saturated heterocycles. The zero-order valence-electron chi connectivity index (χ0n) is 16.8. The molecule has 4 rings (SSSR count). The number of rotatable bonds is 5. The third-order valence-electron chi connectivity index (χ3n) is 4.84. The minimum atomic E-state index is -0.380. The van der Waals surface area contributed by atoms with Gasteiger partial charge in [0, 0.05) is 10.7 Å². The zero-order valence-corrected chi connectivity index (χ0v) is 18.4. The molecule has 3 aromatic carbocycles. The van der Waals surface area contributed by atoms with Gasteiger partial charge in [-0.15, -0.1) is 0 Å². The summed E-state index contributed by atoms with van der Waals surface area (Å²) in [6.45, 7) is 2.08. The van der Waals surface area contributed by atoms with E-state index in [1.807, 2.05) is 54.6 Å². The highest BCUT2D eigenvalue weighted by Crippen LogP contribution is 2.48. The van der Waals surface area contributed by atoms with Crippen molar-refractivity contribution in [2.45, 2.75) is 12.3 Å². The number of carbonyl (C=O) groups excluding carboxylic acids is 2. The molecule has 1 aliphatic rings. The number of anilines is 1. The van der Waals surface area contributed by atoms with Crippen molar-refractivity contribution in [1.82, 2.24) is 0 Å². The second-order valence-electron chi connectivity index (χ2n) is 6.85. The van der Waals surface area contributed by atoms with Crippen molar-refractivity contribution < 1.29 is 14.3 Å². The first-order valence-corrected chi connectivity index (χ1v) is 11.1. The van der Waals surface area contributed by atoms with E-state index in [0.717, 1.165) is 11.1 Å². The molecule has 1 atom stereocenters. The molecule has 0 radical (unpaired) electrons. The summed E-state index contributed by atoms with van der Waals surface area (Å²) in [5.74, 6) is -0.488. The second-order valence-corrected chi connectivity index (χ2v) is 8.38. The van der Waals surface area contributed by atoms with Gasteiger partial charge in [0.05, 0.1) is 17.1 Å². The van der Waals surface area contributed by atoms with Crippen LogP contribution in [0.1, 0.15) is 33.8 Å². The van der Waals surface area contributed by atoms with Crippen molar-refractivity contribution >= 4 is 47.0 Å². The molecule has 1 unspecified atom stereocenters. The molecule has 3 aromatic rings. The van der Waals surface area contributed by atoms with Crippen LogP contribution in [0.15, 0.2) is 83.8 Å². The van der Waals surface area contributed by atoms with Gasteiger partial charge in [0.15, 0.2) is 0 Å². The van der Waals surface area contributed by atoms with E-state index < -0.39 is 0 Å². The molecule has 1 aliphatic heterocycles. The summed E-state index contributed by atoms with van der Waals surface area (Å²) in [6, 6.07) is 24.2. The molecule has 0 saturated carbocycles. The smallest absolute Gasteiger partial charge is 0.338 e. The second kappa shape index (κ2) is 9.41. The summed E-state index contributed by atoms with van der Waals surface area (Å²) in [6.07, 6.45) is 1.83. The predicted octanol–water partition coefficient (Wildman–Crippen LogP) is 6.34. The molecule has 0 spiro atoms. The Morgan fingerprint density at radius 3 is 2.39 bits per heavy atom. The first kappa shape index (κ1) is 21.2. The number of halogens is 1. The van der Waals surface area contributed by atoms with Crippen LogP contribution in [0.2, 0.25) is 5.02 Å². The fourth-order valence-corrected chi connectivity index (χ4v) is 4.78. The van der Waals surface area contributed by atoms with E-state index in [2.05, 4.69) is 0 Å². The van der Waals surface area contributed by atoms with Crippen LogP contribution in [-0.2, 0) is 9.53 Å². The number of amides is 1. The Bertz CT molecular complexity index is 1130. The van der Waals surface area contributed by atoms with Crippen LogP contribution < -0.4 is 4.90 Å². The van der Waals surface area contributed by atoms with Crippen LogP contribution >= 0.6 is 23.4 Å². The van der Waals surface area contributed by atoms with E-state index >= 15 is 0 Å². The standard InChI is InChI=1S/C25H20ClNO3S/c1-2-30-25(29)18-12-14-20(15-13-18)27-23(28)22(16-19-10-6-7-11-21(19)26)31-24(27)17-8-4-3-5-9-17/h3-16,24H,2H2,1H3/b22-16-. The SMILES string of the molecule is CCOC(=O)c1ccc(N2C(=O)/C(=C/c3ccccc3Cl)SC2c2ccccc2)cc1. The minimum absolute atomic E-state index is 0.109. The fourth-order valence-electron chi connectivity index (χ4n) is 3.34. The number of hydrogen-bond acceptors (Lipinski definition) is 4. The van der Waals surface area contributed by atoms with Gasteiger partial charge in [-0.3, -0.25) is 9.69 Å². The Morgan fingerprint density at radius 1 is 1.03 bits per heavy atom. The molecule has 156 valence electrons. The summed E-state index contributed by atoms with van der Waals surface area (Å²) in [4.78, 5) is 27.8. The van der Waals surface area contributed by atoms with Crippen molar-refractivity contribution in [3.63, 3.8) is 0 Å². The molecule has 1 heterocycles. The van der Waals surface area contributed by atoms with E-state index in [0.29, 0.717) is 27.8 Å². The highest BCUT2D eigenvalue weighted by Gasteiger charge is 2.38. The predicted molar refractivity (Wildman–Crippen MR) is 126 cm³/mol. The first-order valence-electron chi connectivity index (χ1n) is 9.87. The van der Waals surface area contributed by atoms with Gasteiger partial charge in [-0.25, -0.2) is 4.79 Å². The zero-order chi connectivity index (χ0) is 21.8. The monoisotopic (exact) mass is 449 g/mol. The number of nitrogens with zero attached hydrogens (tertiary/aromatic N) is 1. The van der Waals surface area contributed by atoms with Crippen LogP contribution in [-0.4, -0.2) is 18.5 Å². The Morgan fingerprint density at radius 2 is 1.71 bits per heavy atom. The average Bonchev–Trinajstić information content (AvgIpc) is 3.12. The third-order valence-corrected chi connectivity index (χ3v) is 6.43. The van der Waals surface area contributed by atoms with Gasteiger partial charge < -0.3 is 4.74 Å². The van der Waals surface area contributed by atoms with E-state index in [4.69, 9.17) is 16.3 Å². The van der Waals surface area contributed by atoms with Gasteiger partial charge in [0.1, 0.15) is 5.37 Å². The maximum Gasteiger partial charge on any atom is 0.338 e.